The number of rotatable bonds is 2. The van der Waals surface area contributed by atoms with Gasteiger partial charge in [0.1, 0.15) is 0 Å². The lowest BCUT2D eigenvalue weighted by Gasteiger charge is -2.59. The number of hydrogen-bond acceptors (Lipinski definition) is 1. The van der Waals surface area contributed by atoms with Crippen molar-refractivity contribution in [2.45, 2.75) is 82.6 Å². The molecule has 18 heavy (non-hydrogen) atoms. The van der Waals surface area contributed by atoms with Gasteiger partial charge in [0, 0.05) is 5.54 Å². The van der Waals surface area contributed by atoms with E-state index in [-0.39, 0.29) is 5.54 Å². The van der Waals surface area contributed by atoms with E-state index in [2.05, 4.69) is 0 Å². The molecule has 5 aliphatic rings. The molecule has 0 atom stereocenters. The van der Waals surface area contributed by atoms with Gasteiger partial charge in [-0.2, -0.15) is 0 Å². The van der Waals surface area contributed by atoms with Gasteiger partial charge in [0.05, 0.1) is 0 Å². The van der Waals surface area contributed by atoms with Crippen LogP contribution in [0.4, 0.5) is 0 Å². The summed E-state index contributed by atoms with van der Waals surface area (Å²) in [6, 6.07) is 0. The van der Waals surface area contributed by atoms with E-state index in [0.717, 1.165) is 17.8 Å². The third-order valence-corrected chi connectivity index (χ3v) is 6.74. The van der Waals surface area contributed by atoms with E-state index in [9.17, 15) is 0 Å². The van der Waals surface area contributed by atoms with E-state index in [1.165, 1.54) is 38.5 Å². The van der Waals surface area contributed by atoms with Crippen molar-refractivity contribution >= 4 is 0 Å². The molecule has 4 bridgehead atoms. The second-order valence-corrected chi connectivity index (χ2v) is 8.52. The zero-order valence-corrected chi connectivity index (χ0v) is 11.8. The highest BCUT2D eigenvalue weighted by Gasteiger charge is 2.52. The topological polar surface area (TPSA) is 26.0 Å². The molecule has 0 aromatic carbocycles. The second-order valence-electron chi connectivity index (χ2n) is 8.52. The fourth-order valence-corrected chi connectivity index (χ4v) is 6.69. The van der Waals surface area contributed by atoms with Gasteiger partial charge in [0.2, 0.25) is 0 Å². The average Bonchev–Trinajstić information content (AvgIpc) is 2.26. The van der Waals surface area contributed by atoms with Gasteiger partial charge in [-0.1, -0.05) is 19.3 Å². The van der Waals surface area contributed by atoms with E-state index in [1.54, 1.807) is 38.5 Å². The van der Waals surface area contributed by atoms with Crippen LogP contribution in [0.15, 0.2) is 0 Å². The van der Waals surface area contributed by atoms with E-state index in [0.29, 0.717) is 5.41 Å². The smallest absolute Gasteiger partial charge is 0.0159 e. The summed E-state index contributed by atoms with van der Waals surface area (Å²) in [5, 5.41) is 0. The van der Waals surface area contributed by atoms with Crippen LogP contribution in [0.1, 0.15) is 77.0 Å². The van der Waals surface area contributed by atoms with Crippen LogP contribution < -0.4 is 5.73 Å². The van der Waals surface area contributed by atoms with Gasteiger partial charge in [-0.3, -0.25) is 0 Å². The van der Waals surface area contributed by atoms with E-state index in [4.69, 9.17) is 5.73 Å². The first-order chi connectivity index (χ1) is 8.65. The van der Waals surface area contributed by atoms with Gasteiger partial charge in [-0.15, -0.1) is 0 Å². The molecule has 2 N–H and O–H groups in total. The minimum Gasteiger partial charge on any atom is -0.325 e. The second kappa shape index (κ2) is 3.98. The predicted octanol–water partition coefficient (Wildman–Crippen LogP) is 4.25. The van der Waals surface area contributed by atoms with Crippen LogP contribution in [0.5, 0.6) is 0 Å². The van der Waals surface area contributed by atoms with Crippen LogP contribution >= 0.6 is 0 Å². The monoisotopic (exact) mass is 247 g/mol. The van der Waals surface area contributed by atoms with Crippen molar-refractivity contribution in [1.29, 1.82) is 0 Å². The van der Waals surface area contributed by atoms with Gasteiger partial charge in [0.25, 0.3) is 0 Å². The highest BCUT2D eigenvalue weighted by molar-refractivity contribution is 5.05. The SMILES string of the molecule is NC1(CC23CC4CC(CC(C4)C2)C3)CCCCC1. The van der Waals surface area contributed by atoms with Crippen molar-refractivity contribution in [2.24, 2.45) is 28.9 Å². The maximum atomic E-state index is 6.78. The molecule has 102 valence electrons. The Balaban J connectivity index is 1.53. The summed E-state index contributed by atoms with van der Waals surface area (Å²) in [6.07, 6.45) is 17.5. The van der Waals surface area contributed by atoms with E-state index in [1.807, 2.05) is 0 Å². The minimum atomic E-state index is 0.226. The van der Waals surface area contributed by atoms with Crippen LogP contribution in [-0.2, 0) is 0 Å². The average molecular weight is 247 g/mol. The summed E-state index contributed by atoms with van der Waals surface area (Å²) in [6.45, 7) is 0. The van der Waals surface area contributed by atoms with Crippen LogP contribution in [0.25, 0.3) is 0 Å². The molecule has 0 unspecified atom stereocenters. The van der Waals surface area contributed by atoms with Crippen molar-refractivity contribution in [2.75, 3.05) is 0 Å². The highest BCUT2D eigenvalue weighted by atomic mass is 14.8. The highest BCUT2D eigenvalue weighted by Crippen LogP contribution is 2.62. The molecule has 5 aliphatic carbocycles. The van der Waals surface area contributed by atoms with Gasteiger partial charge < -0.3 is 5.73 Å². The molecular weight excluding hydrogens is 218 g/mol. The minimum absolute atomic E-state index is 0.226. The summed E-state index contributed by atoms with van der Waals surface area (Å²) in [7, 11) is 0. The Morgan fingerprint density at radius 1 is 0.778 bits per heavy atom. The summed E-state index contributed by atoms with van der Waals surface area (Å²) in [5.74, 6) is 3.26. The maximum absolute atomic E-state index is 6.78. The zero-order chi connectivity index (χ0) is 12.2. The molecule has 1 nitrogen and oxygen atoms in total. The maximum Gasteiger partial charge on any atom is 0.0159 e. The van der Waals surface area contributed by atoms with Crippen molar-refractivity contribution in [3.8, 4) is 0 Å². The largest absolute Gasteiger partial charge is 0.325 e. The Bertz CT molecular complexity index is 291. The van der Waals surface area contributed by atoms with Crippen molar-refractivity contribution in [3.63, 3.8) is 0 Å². The summed E-state index contributed by atoms with van der Waals surface area (Å²) < 4.78 is 0. The third kappa shape index (κ3) is 1.94. The fourth-order valence-electron chi connectivity index (χ4n) is 6.69. The molecule has 5 fully saturated rings. The molecule has 5 saturated carbocycles. The Morgan fingerprint density at radius 3 is 1.78 bits per heavy atom. The summed E-state index contributed by atoms with van der Waals surface area (Å²) in [5.41, 5.74) is 7.70. The van der Waals surface area contributed by atoms with Gasteiger partial charge in [0.15, 0.2) is 0 Å². The zero-order valence-electron chi connectivity index (χ0n) is 11.8. The molecule has 0 saturated heterocycles. The van der Waals surface area contributed by atoms with Crippen LogP contribution in [0.3, 0.4) is 0 Å². The van der Waals surface area contributed by atoms with E-state index < -0.39 is 0 Å². The first-order valence-corrected chi connectivity index (χ1v) is 8.44. The quantitative estimate of drug-likeness (QED) is 0.775. The lowest BCUT2D eigenvalue weighted by atomic mass is 9.47. The molecule has 0 aliphatic heterocycles. The first-order valence-electron chi connectivity index (χ1n) is 8.44. The molecular formula is C17H29N. The van der Waals surface area contributed by atoms with Gasteiger partial charge >= 0.3 is 0 Å². The standard InChI is InChI=1S/C17H29N/c18-17(4-2-1-3-5-17)12-16-9-13-6-14(10-16)8-15(7-13)11-16/h13-15H,1-12,18H2. The van der Waals surface area contributed by atoms with Crippen molar-refractivity contribution in [3.05, 3.63) is 0 Å². The summed E-state index contributed by atoms with van der Waals surface area (Å²) >= 11 is 0. The van der Waals surface area contributed by atoms with Crippen LogP contribution in [-0.4, -0.2) is 5.54 Å². The predicted molar refractivity (Wildman–Crippen MR) is 75.2 cm³/mol. The lowest BCUT2D eigenvalue weighted by Crippen LogP contribution is -2.53. The van der Waals surface area contributed by atoms with Crippen LogP contribution in [0, 0.1) is 23.2 Å². The molecule has 0 aromatic rings. The Kier molecular flexibility index (Phi) is 2.60. The molecule has 0 aromatic heterocycles. The van der Waals surface area contributed by atoms with E-state index >= 15 is 0 Å². The third-order valence-electron chi connectivity index (χ3n) is 6.74. The Morgan fingerprint density at radius 2 is 1.28 bits per heavy atom. The number of nitrogens with two attached hydrogens (primary N) is 1. The molecule has 5 rings (SSSR count). The number of hydrogen-bond donors (Lipinski definition) is 1. The van der Waals surface area contributed by atoms with Crippen molar-refractivity contribution < 1.29 is 0 Å². The van der Waals surface area contributed by atoms with Crippen LogP contribution in [0.2, 0.25) is 0 Å². The normalized spacial score (nSPS) is 49.5. The molecule has 0 spiro atoms. The molecule has 1 heteroatoms. The fraction of sp³-hybridized carbons (Fsp3) is 1.00. The molecule has 0 amide bonds. The van der Waals surface area contributed by atoms with Gasteiger partial charge in [-0.25, -0.2) is 0 Å². The Labute approximate surface area is 112 Å². The first kappa shape index (κ1) is 11.8. The molecule has 0 radical (unpaired) electrons. The van der Waals surface area contributed by atoms with Gasteiger partial charge in [-0.05, 0) is 81.0 Å². The molecule has 0 heterocycles. The lowest BCUT2D eigenvalue weighted by molar-refractivity contribution is -0.0708. The summed E-state index contributed by atoms with van der Waals surface area (Å²) in [4.78, 5) is 0. The van der Waals surface area contributed by atoms with Crippen molar-refractivity contribution in [1.82, 2.24) is 0 Å². The Hall–Kier alpha value is -0.0400.